The second-order valence-electron chi connectivity index (χ2n) is 9.57. The van der Waals surface area contributed by atoms with Gasteiger partial charge in [0.1, 0.15) is 5.75 Å². The second-order valence-corrected chi connectivity index (χ2v) is 9.57. The Bertz CT molecular complexity index is 1490. The van der Waals surface area contributed by atoms with Crippen molar-refractivity contribution in [2.45, 2.75) is 25.9 Å². The van der Waals surface area contributed by atoms with Crippen molar-refractivity contribution in [3.05, 3.63) is 61.4 Å². The first-order valence-electron chi connectivity index (χ1n) is 12.5. The SMILES string of the molecule is C=CC(=O)Nc1cc(Nc2nccc(-c3ccc4c(cnn4C)c3)n2)c(OC)cc1N1C[C@@H](C)N[C@@H](C)C1. The topological polar surface area (TPSA) is 109 Å². The Morgan fingerprint density at radius 2 is 1.95 bits per heavy atom. The molecule has 10 nitrogen and oxygen atoms in total. The number of fused-ring (bicyclic) bond motifs is 1. The fraction of sp³-hybridized carbons (Fsp3) is 0.286. The number of carbonyl (C=O) groups excluding carboxylic acids is 1. The van der Waals surface area contributed by atoms with Gasteiger partial charge in [-0.2, -0.15) is 5.10 Å². The predicted molar refractivity (Wildman–Crippen MR) is 151 cm³/mol. The molecule has 0 spiro atoms. The van der Waals surface area contributed by atoms with Crippen LogP contribution in [-0.2, 0) is 11.8 Å². The molecule has 5 rings (SSSR count). The molecule has 1 saturated heterocycles. The first-order valence-corrected chi connectivity index (χ1v) is 12.5. The summed E-state index contributed by atoms with van der Waals surface area (Å²) < 4.78 is 7.59. The molecule has 2 aromatic heterocycles. The number of benzene rings is 2. The zero-order valence-corrected chi connectivity index (χ0v) is 22.0. The Morgan fingerprint density at radius 3 is 2.68 bits per heavy atom. The highest BCUT2D eigenvalue weighted by molar-refractivity contribution is 6.02. The number of amides is 1. The fourth-order valence-electron chi connectivity index (χ4n) is 4.93. The van der Waals surface area contributed by atoms with Crippen LogP contribution in [-0.4, -0.2) is 57.9 Å². The summed E-state index contributed by atoms with van der Waals surface area (Å²) in [5.74, 6) is 0.731. The van der Waals surface area contributed by atoms with Crippen molar-refractivity contribution in [2.24, 2.45) is 7.05 Å². The summed E-state index contributed by atoms with van der Waals surface area (Å²) in [6.45, 7) is 9.49. The van der Waals surface area contributed by atoms with Gasteiger partial charge in [0.15, 0.2) is 0 Å². The van der Waals surface area contributed by atoms with Crippen LogP contribution in [0.25, 0.3) is 22.2 Å². The maximum absolute atomic E-state index is 12.3. The summed E-state index contributed by atoms with van der Waals surface area (Å²) in [6, 6.07) is 12.4. The lowest BCUT2D eigenvalue weighted by Crippen LogP contribution is -2.54. The van der Waals surface area contributed by atoms with Crippen LogP contribution in [0.4, 0.5) is 23.0 Å². The molecule has 0 saturated carbocycles. The van der Waals surface area contributed by atoms with Gasteiger partial charge in [0.2, 0.25) is 11.9 Å². The van der Waals surface area contributed by atoms with E-state index in [1.54, 1.807) is 13.3 Å². The van der Waals surface area contributed by atoms with Gasteiger partial charge in [0.25, 0.3) is 0 Å². The maximum atomic E-state index is 12.3. The normalized spacial score (nSPS) is 17.3. The van der Waals surface area contributed by atoms with Crippen LogP contribution in [0.3, 0.4) is 0 Å². The molecule has 1 fully saturated rings. The van der Waals surface area contributed by atoms with Crippen LogP contribution < -0.4 is 25.6 Å². The number of nitrogens with one attached hydrogen (secondary N) is 3. The van der Waals surface area contributed by atoms with Crippen LogP contribution in [0.2, 0.25) is 0 Å². The van der Waals surface area contributed by atoms with E-state index in [1.165, 1.54) is 6.08 Å². The lowest BCUT2D eigenvalue weighted by Gasteiger charge is -2.38. The van der Waals surface area contributed by atoms with Gasteiger partial charge < -0.3 is 25.6 Å². The number of ether oxygens (including phenoxy) is 1. The molecule has 0 radical (unpaired) electrons. The molecule has 1 aliphatic heterocycles. The highest BCUT2D eigenvalue weighted by Gasteiger charge is 2.25. The zero-order valence-electron chi connectivity index (χ0n) is 22.0. The Hall–Kier alpha value is -4.44. The van der Waals surface area contributed by atoms with Crippen molar-refractivity contribution >= 4 is 39.8 Å². The summed E-state index contributed by atoms with van der Waals surface area (Å²) in [5.41, 5.74) is 4.94. The Morgan fingerprint density at radius 1 is 1.16 bits per heavy atom. The smallest absolute Gasteiger partial charge is 0.247 e. The molecule has 10 heteroatoms. The van der Waals surface area contributed by atoms with E-state index in [9.17, 15) is 4.79 Å². The number of hydrogen-bond donors (Lipinski definition) is 3. The van der Waals surface area contributed by atoms with Crippen LogP contribution in [0.1, 0.15) is 13.8 Å². The van der Waals surface area contributed by atoms with Crippen molar-refractivity contribution in [2.75, 3.05) is 35.7 Å². The zero-order chi connectivity index (χ0) is 26.8. The summed E-state index contributed by atoms with van der Waals surface area (Å²) in [5, 5.41) is 15.1. The molecule has 2 aromatic carbocycles. The third-order valence-electron chi connectivity index (χ3n) is 6.60. The van der Waals surface area contributed by atoms with Crippen molar-refractivity contribution < 1.29 is 9.53 Å². The monoisotopic (exact) mass is 512 g/mol. The van der Waals surface area contributed by atoms with Crippen LogP contribution in [0, 0.1) is 0 Å². The number of rotatable bonds is 7. The molecule has 1 amide bonds. The Labute approximate surface area is 221 Å². The number of nitrogens with zero attached hydrogens (tertiary/aromatic N) is 5. The quantitative estimate of drug-likeness (QED) is 0.318. The van der Waals surface area contributed by atoms with Gasteiger partial charge in [-0.1, -0.05) is 12.6 Å². The number of aromatic nitrogens is 4. The molecule has 4 aromatic rings. The highest BCUT2D eigenvalue weighted by atomic mass is 16.5. The van der Waals surface area contributed by atoms with E-state index in [1.807, 2.05) is 48.3 Å². The molecule has 3 heterocycles. The Kier molecular flexibility index (Phi) is 6.97. The molecule has 2 atom stereocenters. The van der Waals surface area contributed by atoms with Gasteiger partial charge in [-0.3, -0.25) is 9.48 Å². The van der Waals surface area contributed by atoms with Crippen molar-refractivity contribution in [3.63, 3.8) is 0 Å². The van der Waals surface area contributed by atoms with Gasteiger partial charge in [0, 0.05) is 55.4 Å². The maximum Gasteiger partial charge on any atom is 0.247 e. The van der Waals surface area contributed by atoms with E-state index in [2.05, 4.69) is 57.4 Å². The van der Waals surface area contributed by atoms with Crippen molar-refractivity contribution in [1.82, 2.24) is 25.1 Å². The van der Waals surface area contributed by atoms with E-state index >= 15 is 0 Å². The minimum absolute atomic E-state index is 0.289. The van der Waals surface area contributed by atoms with Gasteiger partial charge in [-0.25, -0.2) is 9.97 Å². The predicted octanol–water partition coefficient (Wildman–Crippen LogP) is 4.09. The number of aryl methyl sites for hydroxylation is 1. The van der Waals surface area contributed by atoms with Gasteiger partial charge in [-0.15, -0.1) is 0 Å². The number of piperazine rings is 1. The van der Waals surface area contributed by atoms with E-state index in [-0.39, 0.29) is 5.91 Å². The van der Waals surface area contributed by atoms with E-state index in [4.69, 9.17) is 9.72 Å². The molecule has 1 aliphatic rings. The number of anilines is 4. The van der Waals surface area contributed by atoms with Gasteiger partial charge in [0.05, 0.1) is 41.6 Å². The number of carbonyl (C=O) groups is 1. The molecule has 0 aliphatic carbocycles. The molecule has 0 bridgehead atoms. The molecular formula is C28H32N8O2. The minimum atomic E-state index is -0.289. The molecule has 3 N–H and O–H groups in total. The van der Waals surface area contributed by atoms with Gasteiger partial charge in [-0.05, 0) is 44.2 Å². The molecule has 38 heavy (non-hydrogen) atoms. The number of methoxy groups -OCH3 is 1. The third kappa shape index (κ3) is 5.16. The van der Waals surface area contributed by atoms with E-state index < -0.39 is 0 Å². The molecule has 0 unspecified atom stereocenters. The van der Waals surface area contributed by atoms with E-state index in [0.717, 1.165) is 40.9 Å². The summed E-state index contributed by atoms with van der Waals surface area (Å²) in [7, 11) is 3.54. The average Bonchev–Trinajstić information content (AvgIpc) is 3.28. The largest absolute Gasteiger partial charge is 0.494 e. The lowest BCUT2D eigenvalue weighted by molar-refractivity contribution is -0.111. The van der Waals surface area contributed by atoms with Gasteiger partial charge >= 0.3 is 0 Å². The highest BCUT2D eigenvalue weighted by Crippen LogP contribution is 2.39. The first kappa shape index (κ1) is 25.2. The minimum Gasteiger partial charge on any atom is -0.494 e. The second kappa shape index (κ2) is 10.5. The van der Waals surface area contributed by atoms with E-state index in [0.29, 0.717) is 35.2 Å². The Balaban J connectivity index is 1.49. The lowest BCUT2D eigenvalue weighted by atomic mass is 10.1. The molecule has 196 valence electrons. The summed E-state index contributed by atoms with van der Waals surface area (Å²) in [4.78, 5) is 23.7. The fourth-order valence-corrected chi connectivity index (χ4v) is 4.93. The van der Waals surface area contributed by atoms with Crippen LogP contribution in [0.5, 0.6) is 5.75 Å². The summed E-state index contributed by atoms with van der Waals surface area (Å²) >= 11 is 0. The van der Waals surface area contributed by atoms with Crippen LogP contribution in [0.15, 0.2) is 61.4 Å². The van der Waals surface area contributed by atoms with Crippen molar-refractivity contribution in [1.29, 1.82) is 0 Å². The standard InChI is InChI=1S/C28H32N8O2/c1-6-27(37)32-22-12-23(26(38-5)13-25(22)36-15-17(2)31-18(3)16-36)34-28-29-10-9-21(33-28)19-7-8-24-20(11-19)14-30-35(24)4/h6-14,17-18,31H,1,15-16H2,2-5H3,(H,32,37)(H,29,33,34)/t17-,18+. The van der Waals surface area contributed by atoms with Crippen LogP contribution >= 0.6 is 0 Å². The summed E-state index contributed by atoms with van der Waals surface area (Å²) in [6.07, 6.45) is 4.81. The average molecular weight is 513 g/mol. The molecular weight excluding hydrogens is 480 g/mol. The van der Waals surface area contributed by atoms with Crippen molar-refractivity contribution in [3.8, 4) is 17.0 Å². The number of hydrogen-bond acceptors (Lipinski definition) is 8. The third-order valence-corrected chi connectivity index (χ3v) is 6.60. The first-order chi connectivity index (χ1) is 18.3.